The van der Waals surface area contributed by atoms with Crippen molar-refractivity contribution in [3.8, 4) is 17.2 Å². The maximum atomic E-state index is 12.3. The maximum absolute atomic E-state index is 12.3. The van der Waals surface area contributed by atoms with Gasteiger partial charge in [0.05, 0.1) is 0 Å². The van der Waals surface area contributed by atoms with Gasteiger partial charge in [-0.1, -0.05) is 12.1 Å². The molecule has 0 aliphatic heterocycles. The first-order valence-electron chi connectivity index (χ1n) is 8.69. The molecule has 0 saturated carbocycles. The molecule has 7 nitrogen and oxygen atoms in total. The quantitative estimate of drug-likeness (QED) is 0.682. The molecule has 7 heteroatoms. The van der Waals surface area contributed by atoms with Crippen molar-refractivity contribution in [3.63, 3.8) is 0 Å². The molecule has 1 N–H and O–H groups in total. The Morgan fingerprint density at radius 3 is 2.48 bits per heavy atom. The van der Waals surface area contributed by atoms with Crippen LogP contribution in [-0.4, -0.2) is 32.2 Å². The summed E-state index contributed by atoms with van der Waals surface area (Å²) in [6.07, 6.45) is 2.44. The van der Waals surface area contributed by atoms with E-state index in [2.05, 4.69) is 20.4 Å². The Labute approximate surface area is 157 Å². The minimum absolute atomic E-state index is 0.106. The van der Waals surface area contributed by atoms with Crippen LogP contribution in [0.25, 0.3) is 11.1 Å². The van der Waals surface area contributed by atoms with Crippen molar-refractivity contribution in [1.29, 1.82) is 5.26 Å². The number of nitriles is 1. The predicted octanol–water partition coefficient (Wildman–Crippen LogP) is 2.65. The number of hydrogen-bond donors (Lipinski definition) is 1. The molecule has 1 amide bonds. The number of carbonyl (C=O) groups is 1. The van der Waals surface area contributed by atoms with Crippen LogP contribution in [0.5, 0.6) is 0 Å². The smallest absolute Gasteiger partial charge is 0.251 e. The molecule has 0 atom stereocenters. The van der Waals surface area contributed by atoms with Crippen molar-refractivity contribution in [2.75, 3.05) is 6.54 Å². The number of pyridine rings is 1. The van der Waals surface area contributed by atoms with Crippen LogP contribution in [0.1, 0.15) is 34.1 Å². The molecule has 3 aromatic rings. The zero-order chi connectivity index (χ0) is 19.2. The molecule has 0 aliphatic rings. The fraction of sp³-hybridized carbons (Fsp3) is 0.250. The summed E-state index contributed by atoms with van der Waals surface area (Å²) in [5, 5.41) is 16.0. The van der Waals surface area contributed by atoms with E-state index < -0.39 is 0 Å². The number of hydrogen-bond acceptors (Lipinski definition) is 5. The van der Waals surface area contributed by atoms with Crippen LogP contribution in [0.3, 0.4) is 0 Å². The Bertz CT molecular complexity index is 967. The minimum Gasteiger partial charge on any atom is -0.352 e. The van der Waals surface area contributed by atoms with Crippen LogP contribution in [0.2, 0.25) is 0 Å². The number of nitrogens with one attached hydrogen (secondary N) is 1. The van der Waals surface area contributed by atoms with Gasteiger partial charge in [-0.05, 0) is 50.1 Å². The van der Waals surface area contributed by atoms with Gasteiger partial charge >= 0.3 is 0 Å². The SMILES string of the molecule is Cc1nc(C)n(CCCNC(=O)c2ccc(-c3ccc(C#N)nc3)cc2)n1. The number of amides is 1. The van der Waals surface area contributed by atoms with Crippen LogP contribution in [0.4, 0.5) is 0 Å². The lowest BCUT2D eigenvalue weighted by Crippen LogP contribution is -2.25. The summed E-state index contributed by atoms with van der Waals surface area (Å²) in [7, 11) is 0. The highest BCUT2D eigenvalue weighted by molar-refractivity contribution is 5.94. The second kappa shape index (κ2) is 8.23. The Morgan fingerprint density at radius 1 is 1.15 bits per heavy atom. The summed E-state index contributed by atoms with van der Waals surface area (Å²) in [6.45, 7) is 5.07. The van der Waals surface area contributed by atoms with E-state index in [1.54, 1.807) is 24.4 Å². The molecule has 0 aliphatic carbocycles. The Balaban J connectivity index is 1.52. The van der Waals surface area contributed by atoms with Gasteiger partial charge in [0.25, 0.3) is 5.91 Å². The molecule has 3 rings (SSSR count). The summed E-state index contributed by atoms with van der Waals surface area (Å²) in [4.78, 5) is 20.6. The molecule has 0 radical (unpaired) electrons. The van der Waals surface area contributed by atoms with Crippen molar-refractivity contribution >= 4 is 5.91 Å². The van der Waals surface area contributed by atoms with Crippen LogP contribution < -0.4 is 5.32 Å². The van der Waals surface area contributed by atoms with Crippen molar-refractivity contribution in [1.82, 2.24) is 25.1 Å². The molecule has 1 aromatic carbocycles. The minimum atomic E-state index is -0.106. The van der Waals surface area contributed by atoms with Gasteiger partial charge in [-0.3, -0.25) is 9.48 Å². The van der Waals surface area contributed by atoms with Gasteiger partial charge in [-0.15, -0.1) is 0 Å². The summed E-state index contributed by atoms with van der Waals surface area (Å²) in [5.41, 5.74) is 2.83. The Kier molecular flexibility index (Phi) is 5.57. The third kappa shape index (κ3) is 4.55. The van der Waals surface area contributed by atoms with E-state index in [1.165, 1.54) is 0 Å². The maximum Gasteiger partial charge on any atom is 0.251 e. The third-order valence-corrected chi connectivity index (χ3v) is 4.15. The van der Waals surface area contributed by atoms with Crippen LogP contribution >= 0.6 is 0 Å². The van der Waals surface area contributed by atoms with Gasteiger partial charge in [0.15, 0.2) is 0 Å². The average Bonchev–Trinajstić information content (AvgIpc) is 3.02. The topological polar surface area (TPSA) is 96.5 Å². The molecule has 0 saturated heterocycles. The number of rotatable bonds is 6. The van der Waals surface area contributed by atoms with Crippen molar-refractivity contribution in [3.05, 3.63) is 65.5 Å². The number of carbonyl (C=O) groups excluding carboxylic acids is 1. The molecule has 0 fully saturated rings. The second-order valence-corrected chi connectivity index (χ2v) is 6.16. The lowest BCUT2D eigenvalue weighted by molar-refractivity contribution is 0.0952. The zero-order valence-corrected chi connectivity index (χ0v) is 15.3. The zero-order valence-electron chi connectivity index (χ0n) is 15.3. The summed E-state index contributed by atoms with van der Waals surface area (Å²) < 4.78 is 1.85. The van der Waals surface area contributed by atoms with Gasteiger partial charge in [-0.2, -0.15) is 10.4 Å². The van der Waals surface area contributed by atoms with Gasteiger partial charge in [-0.25, -0.2) is 9.97 Å². The molecular formula is C20H20N6O. The van der Waals surface area contributed by atoms with Gasteiger partial charge in [0.1, 0.15) is 23.4 Å². The van der Waals surface area contributed by atoms with Crippen LogP contribution in [-0.2, 0) is 6.54 Å². The normalized spacial score (nSPS) is 10.4. The van der Waals surface area contributed by atoms with Crippen molar-refractivity contribution in [2.24, 2.45) is 0 Å². The molecule has 0 bridgehead atoms. The van der Waals surface area contributed by atoms with Crippen molar-refractivity contribution in [2.45, 2.75) is 26.8 Å². The number of aryl methyl sites for hydroxylation is 3. The van der Waals surface area contributed by atoms with E-state index in [1.807, 2.05) is 42.8 Å². The van der Waals surface area contributed by atoms with Crippen LogP contribution in [0.15, 0.2) is 42.6 Å². The highest BCUT2D eigenvalue weighted by Gasteiger charge is 2.07. The first-order valence-corrected chi connectivity index (χ1v) is 8.69. The first kappa shape index (κ1) is 18.3. The molecule has 2 heterocycles. The molecule has 2 aromatic heterocycles. The van der Waals surface area contributed by atoms with E-state index in [-0.39, 0.29) is 5.91 Å². The largest absolute Gasteiger partial charge is 0.352 e. The molecule has 136 valence electrons. The van der Waals surface area contributed by atoms with E-state index in [0.717, 1.165) is 35.7 Å². The Hall–Kier alpha value is -3.53. The monoisotopic (exact) mass is 360 g/mol. The average molecular weight is 360 g/mol. The number of aromatic nitrogens is 4. The van der Waals surface area contributed by atoms with E-state index in [0.29, 0.717) is 17.8 Å². The fourth-order valence-corrected chi connectivity index (χ4v) is 2.75. The van der Waals surface area contributed by atoms with E-state index >= 15 is 0 Å². The molecular weight excluding hydrogens is 340 g/mol. The van der Waals surface area contributed by atoms with Gasteiger partial charge in [0.2, 0.25) is 0 Å². The lowest BCUT2D eigenvalue weighted by Gasteiger charge is -2.07. The fourth-order valence-electron chi connectivity index (χ4n) is 2.75. The second-order valence-electron chi connectivity index (χ2n) is 6.16. The van der Waals surface area contributed by atoms with E-state index in [9.17, 15) is 4.79 Å². The highest BCUT2D eigenvalue weighted by Crippen LogP contribution is 2.19. The summed E-state index contributed by atoms with van der Waals surface area (Å²) in [6, 6.07) is 12.8. The van der Waals surface area contributed by atoms with Crippen LogP contribution in [0, 0.1) is 25.2 Å². The number of benzene rings is 1. The molecule has 0 unspecified atom stereocenters. The standard InChI is InChI=1S/C20H20N6O/c1-14-24-15(2)26(25-14)11-3-10-22-20(27)17-6-4-16(5-7-17)18-8-9-19(12-21)23-13-18/h4-9,13H,3,10-11H2,1-2H3,(H,22,27). The summed E-state index contributed by atoms with van der Waals surface area (Å²) >= 11 is 0. The molecule has 27 heavy (non-hydrogen) atoms. The highest BCUT2D eigenvalue weighted by atomic mass is 16.1. The van der Waals surface area contributed by atoms with Gasteiger partial charge < -0.3 is 5.32 Å². The van der Waals surface area contributed by atoms with E-state index in [4.69, 9.17) is 5.26 Å². The Morgan fingerprint density at radius 2 is 1.89 bits per heavy atom. The number of nitrogens with zero attached hydrogens (tertiary/aromatic N) is 5. The van der Waals surface area contributed by atoms with Crippen molar-refractivity contribution < 1.29 is 4.79 Å². The molecule has 0 spiro atoms. The third-order valence-electron chi connectivity index (χ3n) is 4.15. The van der Waals surface area contributed by atoms with Gasteiger partial charge in [0, 0.05) is 30.4 Å². The lowest BCUT2D eigenvalue weighted by atomic mass is 10.1. The predicted molar refractivity (Wildman–Crippen MR) is 101 cm³/mol. The first-order chi connectivity index (χ1) is 13.1. The summed E-state index contributed by atoms with van der Waals surface area (Å²) in [5.74, 6) is 1.53.